The van der Waals surface area contributed by atoms with Crippen molar-refractivity contribution in [1.29, 1.82) is 0 Å². The van der Waals surface area contributed by atoms with Crippen molar-refractivity contribution in [3.63, 3.8) is 0 Å². The molecule has 7 nitrogen and oxygen atoms in total. The van der Waals surface area contributed by atoms with Crippen LogP contribution in [-0.4, -0.2) is 31.6 Å². The van der Waals surface area contributed by atoms with Gasteiger partial charge in [-0.25, -0.2) is 4.79 Å². The van der Waals surface area contributed by atoms with Gasteiger partial charge in [-0.15, -0.1) is 0 Å². The second kappa shape index (κ2) is 9.57. The van der Waals surface area contributed by atoms with Crippen molar-refractivity contribution in [2.45, 2.75) is 6.42 Å². The van der Waals surface area contributed by atoms with Gasteiger partial charge in [0.05, 0.1) is 13.5 Å². The number of ether oxygens (including phenoxy) is 2. The molecule has 3 amide bonds. The van der Waals surface area contributed by atoms with E-state index in [1.807, 2.05) is 0 Å². The summed E-state index contributed by atoms with van der Waals surface area (Å²) in [5, 5.41) is 4.57. The monoisotopic (exact) mass is 420 g/mol. The number of carbonyl (C=O) groups is 3. The molecular weight excluding hydrogens is 404 g/mol. The quantitative estimate of drug-likeness (QED) is 0.700. The van der Waals surface area contributed by atoms with E-state index in [2.05, 4.69) is 26.6 Å². The molecular formula is C18H17BrN2O5. The summed E-state index contributed by atoms with van der Waals surface area (Å²) < 4.78 is 10.8. The topological polar surface area (TPSA) is 93.7 Å². The minimum atomic E-state index is -0.722. The van der Waals surface area contributed by atoms with E-state index in [-0.39, 0.29) is 6.42 Å². The van der Waals surface area contributed by atoms with Crippen molar-refractivity contribution in [2.75, 3.05) is 19.0 Å². The Hall–Kier alpha value is -2.87. The fraction of sp³-hybridized carbons (Fsp3) is 0.167. The Morgan fingerprint density at radius 2 is 1.65 bits per heavy atom. The number of methoxy groups -OCH3 is 1. The third-order valence-electron chi connectivity index (χ3n) is 3.23. The molecule has 0 aliphatic heterocycles. The molecule has 0 fully saturated rings. The Morgan fingerprint density at radius 1 is 1.00 bits per heavy atom. The first-order valence-electron chi connectivity index (χ1n) is 7.61. The molecule has 136 valence electrons. The fourth-order valence-electron chi connectivity index (χ4n) is 1.97. The smallest absolute Gasteiger partial charge is 0.325 e. The van der Waals surface area contributed by atoms with Gasteiger partial charge in [0.25, 0.3) is 5.91 Å². The lowest BCUT2D eigenvalue weighted by molar-refractivity contribution is -0.147. The number of esters is 1. The molecule has 0 saturated carbocycles. The van der Waals surface area contributed by atoms with Crippen LogP contribution in [0.5, 0.6) is 5.75 Å². The number of hydrogen-bond acceptors (Lipinski definition) is 5. The standard InChI is InChI=1S/C18H17BrN2O5/c1-25-15-8-6-14(7-9-15)20-18(24)21-16(22)11-26-17(23)10-12-2-4-13(19)5-3-12/h2-9H,10-11H2,1H3,(H2,20,21,22,24). The van der Waals surface area contributed by atoms with Crippen molar-refractivity contribution in [3.8, 4) is 5.75 Å². The third-order valence-corrected chi connectivity index (χ3v) is 3.76. The predicted molar refractivity (Wildman–Crippen MR) is 99.0 cm³/mol. The number of rotatable bonds is 6. The van der Waals surface area contributed by atoms with Crippen LogP contribution >= 0.6 is 15.9 Å². The first-order valence-corrected chi connectivity index (χ1v) is 8.40. The van der Waals surface area contributed by atoms with Gasteiger partial charge in [-0.05, 0) is 42.0 Å². The summed E-state index contributed by atoms with van der Waals surface area (Å²) in [7, 11) is 1.53. The number of imide groups is 1. The van der Waals surface area contributed by atoms with Crippen LogP contribution < -0.4 is 15.4 Å². The Labute approximate surface area is 158 Å². The minimum absolute atomic E-state index is 0.0403. The Balaban J connectivity index is 1.72. The van der Waals surface area contributed by atoms with Crippen molar-refractivity contribution >= 4 is 39.5 Å². The van der Waals surface area contributed by atoms with Crippen molar-refractivity contribution in [1.82, 2.24) is 5.32 Å². The minimum Gasteiger partial charge on any atom is -0.497 e. The largest absolute Gasteiger partial charge is 0.497 e. The van der Waals surface area contributed by atoms with Gasteiger partial charge in [-0.3, -0.25) is 14.9 Å². The SMILES string of the molecule is COc1ccc(NC(=O)NC(=O)COC(=O)Cc2ccc(Br)cc2)cc1. The number of halogens is 1. The Bertz CT molecular complexity index is 775. The highest BCUT2D eigenvalue weighted by Gasteiger charge is 2.12. The molecule has 2 aromatic rings. The van der Waals surface area contributed by atoms with Crippen molar-refractivity contribution in [2.24, 2.45) is 0 Å². The maximum absolute atomic E-state index is 11.7. The van der Waals surface area contributed by atoms with Gasteiger partial charge < -0.3 is 14.8 Å². The normalized spacial score (nSPS) is 9.92. The number of benzene rings is 2. The molecule has 26 heavy (non-hydrogen) atoms. The molecule has 0 heterocycles. The van der Waals surface area contributed by atoms with Crippen molar-refractivity contribution in [3.05, 3.63) is 58.6 Å². The van der Waals surface area contributed by atoms with E-state index in [4.69, 9.17) is 9.47 Å². The van der Waals surface area contributed by atoms with Crippen LogP contribution in [0.1, 0.15) is 5.56 Å². The molecule has 0 aliphatic carbocycles. The zero-order valence-electron chi connectivity index (χ0n) is 14.0. The van der Waals surface area contributed by atoms with Crippen LogP contribution in [-0.2, 0) is 20.7 Å². The third kappa shape index (κ3) is 6.56. The summed E-state index contributed by atoms with van der Waals surface area (Å²) in [6.07, 6.45) is 0.0403. The predicted octanol–water partition coefficient (Wildman–Crippen LogP) is 2.89. The van der Waals surface area contributed by atoms with Gasteiger partial charge in [0.15, 0.2) is 6.61 Å². The van der Waals surface area contributed by atoms with Crippen LogP contribution in [0, 0.1) is 0 Å². The number of amides is 3. The van der Waals surface area contributed by atoms with Crippen LogP contribution in [0.15, 0.2) is 53.0 Å². The zero-order valence-corrected chi connectivity index (χ0v) is 15.5. The lowest BCUT2D eigenvalue weighted by Gasteiger charge is -2.08. The number of urea groups is 1. The average molecular weight is 421 g/mol. The first-order chi connectivity index (χ1) is 12.5. The van der Waals surface area contributed by atoms with Gasteiger partial charge in [0.1, 0.15) is 5.75 Å². The molecule has 0 saturated heterocycles. The van der Waals surface area contributed by atoms with Gasteiger partial charge in [0.2, 0.25) is 0 Å². The van der Waals surface area contributed by atoms with Gasteiger partial charge in [-0.2, -0.15) is 0 Å². The summed E-state index contributed by atoms with van der Waals surface area (Å²) in [6.45, 7) is -0.536. The van der Waals surface area contributed by atoms with Gasteiger partial charge in [0, 0.05) is 10.2 Å². The van der Waals surface area contributed by atoms with E-state index >= 15 is 0 Å². The summed E-state index contributed by atoms with van der Waals surface area (Å²) in [6, 6.07) is 13.0. The van der Waals surface area contributed by atoms with Crippen LogP contribution in [0.2, 0.25) is 0 Å². The number of anilines is 1. The highest BCUT2D eigenvalue weighted by atomic mass is 79.9. The summed E-state index contributed by atoms with van der Waals surface area (Å²) in [4.78, 5) is 35.1. The van der Waals surface area contributed by atoms with E-state index in [9.17, 15) is 14.4 Å². The highest BCUT2D eigenvalue weighted by molar-refractivity contribution is 9.10. The van der Waals surface area contributed by atoms with E-state index in [0.29, 0.717) is 11.4 Å². The Kier molecular flexibility index (Phi) is 7.16. The van der Waals surface area contributed by atoms with E-state index in [1.54, 1.807) is 48.5 Å². The van der Waals surface area contributed by atoms with Crippen molar-refractivity contribution < 1.29 is 23.9 Å². The first kappa shape index (κ1) is 19.5. The molecule has 2 aromatic carbocycles. The second-order valence-electron chi connectivity index (χ2n) is 5.19. The summed E-state index contributed by atoms with van der Waals surface area (Å²) >= 11 is 3.30. The number of nitrogens with one attached hydrogen (secondary N) is 2. The maximum Gasteiger partial charge on any atom is 0.325 e. The number of carbonyl (C=O) groups excluding carboxylic acids is 3. The lowest BCUT2D eigenvalue weighted by Crippen LogP contribution is -2.37. The zero-order chi connectivity index (χ0) is 18.9. The van der Waals surface area contributed by atoms with Gasteiger partial charge >= 0.3 is 12.0 Å². The molecule has 0 unspecified atom stereocenters. The lowest BCUT2D eigenvalue weighted by atomic mass is 10.2. The van der Waals surface area contributed by atoms with Gasteiger partial charge in [-0.1, -0.05) is 28.1 Å². The second-order valence-corrected chi connectivity index (χ2v) is 6.11. The summed E-state index contributed by atoms with van der Waals surface area (Å²) in [5.74, 6) is -0.636. The van der Waals surface area contributed by atoms with Crippen LogP contribution in [0.3, 0.4) is 0 Å². The number of hydrogen-bond donors (Lipinski definition) is 2. The molecule has 0 atom stereocenters. The van der Waals surface area contributed by atoms with E-state index in [1.165, 1.54) is 7.11 Å². The summed E-state index contributed by atoms with van der Waals surface area (Å²) in [5.41, 5.74) is 1.25. The average Bonchev–Trinajstić information content (AvgIpc) is 2.62. The van der Waals surface area contributed by atoms with Crippen LogP contribution in [0.25, 0.3) is 0 Å². The Morgan fingerprint density at radius 3 is 2.27 bits per heavy atom. The molecule has 0 aliphatic rings. The van der Waals surface area contributed by atoms with E-state index < -0.39 is 24.5 Å². The molecule has 0 spiro atoms. The molecule has 2 rings (SSSR count). The maximum atomic E-state index is 11.7. The molecule has 0 aromatic heterocycles. The molecule has 0 bridgehead atoms. The van der Waals surface area contributed by atoms with E-state index in [0.717, 1.165) is 10.0 Å². The fourth-order valence-corrected chi connectivity index (χ4v) is 2.23. The van der Waals surface area contributed by atoms with Crippen LogP contribution in [0.4, 0.5) is 10.5 Å². The molecule has 0 radical (unpaired) electrons. The highest BCUT2D eigenvalue weighted by Crippen LogP contribution is 2.14. The molecule has 8 heteroatoms. The molecule has 2 N–H and O–H groups in total.